The SMILES string of the molecule is CC(=O)NC(Cc1ccc(C)cc1)C(=O)NC1CCN(C(=O)Nc2ccccc2Cl)CC1. The van der Waals surface area contributed by atoms with Crippen LogP contribution in [0, 0.1) is 6.92 Å². The van der Waals surface area contributed by atoms with E-state index in [-0.39, 0.29) is 23.9 Å². The number of carbonyl (C=O) groups excluding carboxylic acids is 3. The number of hydrogen-bond donors (Lipinski definition) is 3. The summed E-state index contributed by atoms with van der Waals surface area (Å²) in [5.74, 6) is -0.455. The molecular weight excluding hydrogens is 428 g/mol. The molecule has 170 valence electrons. The second kappa shape index (κ2) is 11.0. The molecule has 0 aliphatic carbocycles. The summed E-state index contributed by atoms with van der Waals surface area (Å²) in [6, 6.07) is 14.1. The second-order valence-electron chi connectivity index (χ2n) is 8.12. The number of likely N-dealkylation sites (tertiary alicyclic amines) is 1. The fourth-order valence-electron chi connectivity index (χ4n) is 3.70. The Balaban J connectivity index is 1.52. The Morgan fingerprint density at radius 1 is 1.06 bits per heavy atom. The van der Waals surface area contributed by atoms with Gasteiger partial charge in [0.05, 0.1) is 10.7 Å². The highest BCUT2D eigenvalue weighted by atomic mass is 35.5. The van der Waals surface area contributed by atoms with Crippen LogP contribution in [0.25, 0.3) is 0 Å². The van der Waals surface area contributed by atoms with E-state index < -0.39 is 6.04 Å². The van der Waals surface area contributed by atoms with Crippen molar-refractivity contribution in [2.45, 2.75) is 45.2 Å². The molecule has 8 heteroatoms. The highest BCUT2D eigenvalue weighted by Gasteiger charge is 2.27. The van der Waals surface area contributed by atoms with Crippen LogP contribution in [-0.4, -0.2) is 47.9 Å². The fraction of sp³-hybridized carbons (Fsp3) is 0.375. The van der Waals surface area contributed by atoms with Crippen LogP contribution in [0.15, 0.2) is 48.5 Å². The maximum atomic E-state index is 12.9. The molecule has 1 fully saturated rings. The first-order valence-electron chi connectivity index (χ1n) is 10.8. The molecule has 2 aromatic rings. The highest BCUT2D eigenvalue weighted by molar-refractivity contribution is 6.33. The zero-order valence-corrected chi connectivity index (χ0v) is 19.1. The van der Waals surface area contributed by atoms with E-state index >= 15 is 0 Å². The minimum atomic E-state index is -0.642. The van der Waals surface area contributed by atoms with E-state index in [4.69, 9.17) is 11.6 Å². The van der Waals surface area contributed by atoms with Crippen LogP contribution in [0.4, 0.5) is 10.5 Å². The van der Waals surface area contributed by atoms with Crippen molar-refractivity contribution in [3.63, 3.8) is 0 Å². The maximum Gasteiger partial charge on any atom is 0.321 e. The summed E-state index contributed by atoms with van der Waals surface area (Å²) >= 11 is 6.11. The summed E-state index contributed by atoms with van der Waals surface area (Å²) in [4.78, 5) is 38.8. The highest BCUT2D eigenvalue weighted by Crippen LogP contribution is 2.21. The second-order valence-corrected chi connectivity index (χ2v) is 8.53. The molecule has 1 aliphatic rings. The molecule has 3 rings (SSSR count). The van der Waals surface area contributed by atoms with Crippen molar-refractivity contribution >= 4 is 35.1 Å². The van der Waals surface area contributed by atoms with Crippen LogP contribution in [-0.2, 0) is 16.0 Å². The minimum absolute atomic E-state index is 0.0545. The van der Waals surface area contributed by atoms with E-state index in [2.05, 4.69) is 16.0 Å². The molecule has 1 aliphatic heterocycles. The third-order valence-corrected chi connectivity index (χ3v) is 5.83. The van der Waals surface area contributed by atoms with Crippen LogP contribution >= 0.6 is 11.6 Å². The Hall–Kier alpha value is -3.06. The van der Waals surface area contributed by atoms with Crippen molar-refractivity contribution in [1.29, 1.82) is 0 Å². The molecule has 0 spiro atoms. The predicted octanol–water partition coefficient (Wildman–Crippen LogP) is 3.51. The van der Waals surface area contributed by atoms with Gasteiger partial charge in [-0.05, 0) is 37.5 Å². The number of nitrogens with one attached hydrogen (secondary N) is 3. The number of benzene rings is 2. The summed E-state index contributed by atoms with van der Waals surface area (Å²) in [5, 5.41) is 9.11. The van der Waals surface area contributed by atoms with Gasteiger partial charge < -0.3 is 20.9 Å². The summed E-state index contributed by atoms with van der Waals surface area (Å²) < 4.78 is 0. The van der Waals surface area contributed by atoms with Gasteiger partial charge in [-0.1, -0.05) is 53.6 Å². The van der Waals surface area contributed by atoms with E-state index in [0.29, 0.717) is 43.1 Å². The zero-order valence-electron chi connectivity index (χ0n) is 18.4. The van der Waals surface area contributed by atoms with Gasteiger partial charge in [-0.3, -0.25) is 9.59 Å². The predicted molar refractivity (Wildman–Crippen MR) is 126 cm³/mol. The van der Waals surface area contributed by atoms with E-state index in [1.54, 1.807) is 23.1 Å². The molecule has 0 radical (unpaired) electrons. The Kier molecular flexibility index (Phi) is 8.11. The van der Waals surface area contributed by atoms with Gasteiger partial charge in [-0.15, -0.1) is 0 Å². The number of piperidine rings is 1. The third-order valence-electron chi connectivity index (χ3n) is 5.50. The largest absolute Gasteiger partial charge is 0.351 e. The number of aryl methyl sites for hydroxylation is 1. The first-order chi connectivity index (χ1) is 15.3. The van der Waals surface area contributed by atoms with Gasteiger partial charge in [-0.2, -0.15) is 0 Å². The molecule has 7 nitrogen and oxygen atoms in total. The van der Waals surface area contributed by atoms with E-state index in [1.165, 1.54) is 6.92 Å². The topological polar surface area (TPSA) is 90.5 Å². The van der Waals surface area contributed by atoms with Gasteiger partial charge in [0.25, 0.3) is 0 Å². The van der Waals surface area contributed by atoms with Crippen LogP contribution in [0.5, 0.6) is 0 Å². The quantitative estimate of drug-likeness (QED) is 0.621. The number of para-hydroxylation sites is 1. The Labute approximate surface area is 193 Å². The van der Waals surface area contributed by atoms with Crippen molar-refractivity contribution < 1.29 is 14.4 Å². The average molecular weight is 457 g/mol. The zero-order chi connectivity index (χ0) is 23.1. The number of anilines is 1. The lowest BCUT2D eigenvalue weighted by atomic mass is 10.0. The van der Waals surface area contributed by atoms with Crippen LogP contribution < -0.4 is 16.0 Å². The number of amides is 4. The Bertz CT molecular complexity index is 956. The molecule has 1 atom stereocenters. The monoisotopic (exact) mass is 456 g/mol. The van der Waals surface area contributed by atoms with Crippen LogP contribution in [0.3, 0.4) is 0 Å². The molecule has 32 heavy (non-hydrogen) atoms. The summed E-state index contributed by atoms with van der Waals surface area (Å²) in [6.07, 6.45) is 1.70. The molecule has 1 unspecified atom stereocenters. The number of hydrogen-bond acceptors (Lipinski definition) is 3. The molecule has 0 bridgehead atoms. The molecule has 1 heterocycles. The maximum absolute atomic E-state index is 12.9. The first kappa shape index (κ1) is 23.6. The Morgan fingerprint density at radius 2 is 1.72 bits per heavy atom. The molecule has 3 N–H and O–H groups in total. The number of halogens is 1. The molecule has 0 saturated carbocycles. The lowest BCUT2D eigenvalue weighted by Gasteiger charge is -2.33. The van der Waals surface area contributed by atoms with E-state index in [9.17, 15) is 14.4 Å². The summed E-state index contributed by atoms with van der Waals surface area (Å²) in [7, 11) is 0. The van der Waals surface area contributed by atoms with Gasteiger partial charge in [0.15, 0.2) is 0 Å². The van der Waals surface area contributed by atoms with Crippen molar-refractivity contribution in [2.24, 2.45) is 0 Å². The van der Waals surface area contributed by atoms with E-state index in [0.717, 1.165) is 11.1 Å². The van der Waals surface area contributed by atoms with Crippen LogP contribution in [0.1, 0.15) is 30.9 Å². The van der Waals surface area contributed by atoms with Gasteiger partial charge in [-0.25, -0.2) is 4.79 Å². The van der Waals surface area contributed by atoms with Gasteiger partial charge in [0.2, 0.25) is 11.8 Å². The van der Waals surface area contributed by atoms with Crippen molar-refractivity contribution in [2.75, 3.05) is 18.4 Å². The van der Waals surface area contributed by atoms with Gasteiger partial charge in [0, 0.05) is 32.5 Å². The normalized spacial score (nSPS) is 15.0. The summed E-state index contributed by atoms with van der Waals surface area (Å²) in [6.45, 7) is 4.45. The number of urea groups is 1. The number of nitrogens with zero attached hydrogens (tertiary/aromatic N) is 1. The molecule has 4 amide bonds. The lowest BCUT2D eigenvalue weighted by molar-refractivity contribution is -0.128. The fourth-order valence-corrected chi connectivity index (χ4v) is 3.88. The summed E-state index contributed by atoms with van der Waals surface area (Å²) in [5.41, 5.74) is 2.69. The standard InChI is InChI=1S/C24H29ClN4O3/c1-16-7-9-18(10-8-16)15-22(26-17(2)30)23(31)27-19-11-13-29(14-12-19)24(32)28-21-6-4-3-5-20(21)25/h3-10,19,22H,11-15H2,1-2H3,(H,26,30)(H,27,31)(H,28,32). The van der Waals surface area contributed by atoms with Crippen molar-refractivity contribution in [1.82, 2.24) is 15.5 Å². The van der Waals surface area contributed by atoms with E-state index in [1.807, 2.05) is 37.3 Å². The number of carbonyl (C=O) groups is 3. The van der Waals surface area contributed by atoms with Crippen LogP contribution in [0.2, 0.25) is 5.02 Å². The number of rotatable bonds is 6. The van der Waals surface area contributed by atoms with Gasteiger partial charge >= 0.3 is 6.03 Å². The molecule has 2 aromatic carbocycles. The smallest absolute Gasteiger partial charge is 0.321 e. The average Bonchev–Trinajstić information content (AvgIpc) is 2.76. The van der Waals surface area contributed by atoms with Crippen molar-refractivity contribution in [3.05, 3.63) is 64.7 Å². The lowest BCUT2D eigenvalue weighted by Crippen LogP contribution is -2.53. The molecule has 0 aromatic heterocycles. The molecular formula is C24H29ClN4O3. The Morgan fingerprint density at radius 3 is 2.34 bits per heavy atom. The third kappa shape index (κ3) is 6.72. The first-order valence-corrected chi connectivity index (χ1v) is 11.1. The minimum Gasteiger partial charge on any atom is -0.351 e. The molecule has 1 saturated heterocycles. The van der Waals surface area contributed by atoms with Gasteiger partial charge in [0.1, 0.15) is 6.04 Å². The van der Waals surface area contributed by atoms with Crippen molar-refractivity contribution in [3.8, 4) is 0 Å².